The molecule has 0 amide bonds. The third-order valence-corrected chi connectivity index (χ3v) is 6.43. The summed E-state index contributed by atoms with van der Waals surface area (Å²) in [4.78, 5) is 9.72. The van der Waals surface area contributed by atoms with Crippen molar-refractivity contribution in [3.8, 4) is 0 Å². The fourth-order valence-electron chi connectivity index (χ4n) is 3.41. The normalized spacial score (nSPS) is 19.9. The van der Waals surface area contributed by atoms with Crippen molar-refractivity contribution in [1.29, 1.82) is 0 Å². The smallest absolute Gasteiger partial charge is 0.369 e. The van der Waals surface area contributed by atoms with E-state index in [0.717, 1.165) is 25.3 Å². The molecular formula is C15H15Cl3F3N5S. The van der Waals surface area contributed by atoms with Crippen LogP contribution in [0.25, 0.3) is 0 Å². The molecule has 5 nitrogen and oxygen atoms in total. The third kappa shape index (κ3) is 4.06. The summed E-state index contributed by atoms with van der Waals surface area (Å²) < 4.78 is 38.3. The lowest BCUT2D eigenvalue weighted by Crippen LogP contribution is -2.58. The highest BCUT2D eigenvalue weighted by Crippen LogP contribution is 2.51. The molecule has 0 bridgehead atoms. The monoisotopic (exact) mass is 459 g/mol. The largest absolute Gasteiger partial charge is 0.446 e. The van der Waals surface area contributed by atoms with Crippen LogP contribution in [0.15, 0.2) is 20.9 Å². The van der Waals surface area contributed by atoms with Gasteiger partial charge in [-0.2, -0.15) is 18.2 Å². The Morgan fingerprint density at radius 1 is 1.07 bits per heavy atom. The number of thioether (sulfide) groups is 1. The second kappa shape index (κ2) is 7.42. The number of aliphatic imine (C=N–C) groups is 2. The van der Waals surface area contributed by atoms with E-state index in [1.165, 1.54) is 0 Å². The number of halogens is 6. The average Bonchev–Trinajstić information content (AvgIpc) is 2.54. The Kier molecular flexibility index (Phi) is 5.69. The molecule has 1 saturated carbocycles. The molecule has 0 unspecified atom stereocenters. The zero-order valence-electron chi connectivity index (χ0n) is 13.8. The maximum atomic E-state index is 12.8. The number of rotatable bonds is 2. The van der Waals surface area contributed by atoms with Crippen molar-refractivity contribution in [2.75, 3.05) is 4.90 Å². The molecule has 27 heavy (non-hydrogen) atoms. The van der Waals surface area contributed by atoms with Gasteiger partial charge in [0.1, 0.15) is 5.66 Å². The summed E-state index contributed by atoms with van der Waals surface area (Å²) in [6, 6.07) is 1.12. The SMILES string of the molecule is NC1=NC2(CCCCC2)N(c2c(Cl)cc(SC(F)(F)F)c(Cl)c2Cl)C(N)=N1. The fourth-order valence-corrected chi connectivity index (χ4v) is 5.04. The first-order valence-corrected chi connectivity index (χ1v) is 9.92. The topological polar surface area (TPSA) is 80.0 Å². The molecule has 1 aliphatic heterocycles. The maximum absolute atomic E-state index is 12.8. The number of anilines is 1. The first-order chi connectivity index (χ1) is 12.5. The van der Waals surface area contributed by atoms with E-state index in [-0.39, 0.29) is 49.3 Å². The molecule has 12 heteroatoms. The van der Waals surface area contributed by atoms with Crippen molar-refractivity contribution in [2.45, 2.75) is 48.2 Å². The lowest BCUT2D eigenvalue weighted by atomic mass is 9.87. The Hall–Kier alpha value is -1.03. The van der Waals surface area contributed by atoms with E-state index >= 15 is 0 Å². The van der Waals surface area contributed by atoms with Crippen LogP contribution in [0.5, 0.6) is 0 Å². The van der Waals surface area contributed by atoms with Gasteiger partial charge in [-0.15, -0.1) is 0 Å². The molecule has 148 valence electrons. The predicted octanol–water partition coefficient (Wildman–Crippen LogP) is 5.37. The van der Waals surface area contributed by atoms with E-state index in [2.05, 4.69) is 9.98 Å². The summed E-state index contributed by atoms with van der Waals surface area (Å²) in [7, 11) is 0. The summed E-state index contributed by atoms with van der Waals surface area (Å²) in [5, 5.41) is -0.440. The van der Waals surface area contributed by atoms with Gasteiger partial charge < -0.3 is 11.5 Å². The van der Waals surface area contributed by atoms with Gasteiger partial charge in [0.2, 0.25) is 11.9 Å². The Morgan fingerprint density at radius 2 is 1.70 bits per heavy atom. The van der Waals surface area contributed by atoms with Gasteiger partial charge in [0.25, 0.3) is 0 Å². The Morgan fingerprint density at radius 3 is 2.30 bits per heavy atom. The minimum atomic E-state index is -4.53. The number of alkyl halides is 3. The predicted molar refractivity (Wildman–Crippen MR) is 105 cm³/mol. The second-order valence-corrected chi connectivity index (χ2v) is 8.47. The van der Waals surface area contributed by atoms with Gasteiger partial charge in [-0.05, 0) is 43.5 Å². The van der Waals surface area contributed by atoms with E-state index in [1.807, 2.05) is 0 Å². The molecule has 0 radical (unpaired) electrons. The molecular weight excluding hydrogens is 446 g/mol. The minimum Gasteiger partial charge on any atom is -0.369 e. The zero-order valence-corrected chi connectivity index (χ0v) is 16.9. The van der Waals surface area contributed by atoms with Crippen molar-refractivity contribution in [1.82, 2.24) is 0 Å². The highest BCUT2D eigenvalue weighted by atomic mass is 35.5. The van der Waals surface area contributed by atoms with E-state index < -0.39 is 11.2 Å². The molecule has 2 aliphatic rings. The van der Waals surface area contributed by atoms with Gasteiger partial charge in [0, 0.05) is 4.90 Å². The number of hydrogen-bond donors (Lipinski definition) is 2. The Labute approximate surface area is 172 Å². The Balaban J connectivity index is 2.14. The summed E-state index contributed by atoms with van der Waals surface area (Å²) in [6.45, 7) is 0. The molecule has 0 atom stereocenters. The van der Waals surface area contributed by atoms with Crippen LogP contribution < -0.4 is 16.4 Å². The molecule has 1 fully saturated rings. The number of nitrogens with two attached hydrogens (primary N) is 2. The number of guanidine groups is 2. The second-order valence-electron chi connectivity index (χ2n) is 6.20. The first kappa shape index (κ1) is 20.7. The number of nitrogens with zero attached hydrogens (tertiary/aromatic N) is 3. The molecule has 4 N–H and O–H groups in total. The van der Waals surface area contributed by atoms with Crippen LogP contribution in [0, 0.1) is 0 Å². The van der Waals surface area contributed by atoms with E-state index in [4.69, 9.17) is 46.3 Å². The summed E-state index contributed by atoms with van der Waals surface area (Å²) in [6.07, 6.45) is 3.99. The molecule has 1 aromatic carbocycles. The molecule has 1 aliphatic carbocycles. The quantitative estimate of drug-likeness (QED) is 0.459. The van der Waals surface area contributed by atoms with Crippen LogP contribution in [0.2, 0.25) is 15.1 Å². The summed E-state index contributed by atoms with van der Waals surface area (Å²) in [5.41, 5.74) is 6.71. The van der Waals surface area contributed by atoms with Gasteiger partial charge in [-0.1, -0.05) is 41.2 Å². The molecule has 1 heterocycles. The van der Waals surface area contributed by atoms with E-state index in [0.29, 0.717) is 12.8 Å². The van der Waals surface area contributed by atoms with Crippen molar-refractivity contribution in [3.05, 3.63) is 21.1 Å². The minimum absolute atomic E-state index is 0.0143. The van der Waals surface area contributed by atoms with Crippen molar-refractivity contribution in [2.24, 2.45) is 21.5 Å². The van der Waals surface area contributed by atoms with Crippen LogP contribution in [-0.4, -0.2) is 23.1 Å². The third-order valence-electron chi connectivity index (χ3n) is 4.40. The highest BCUT2D eigenvalue weighted by Gasteiger charge is 2.44. The van der Waals surface area contributed by atoms with Crippen molar-refractivity contribution >= 4 is 64.2 Å². The molecule has 0 saturated heterocycles. The lowest BCUT2D eigenvalue weighted by Gasteiger charge is -2.46. The summed E-state index contributed by atoms with van der Waals surface area (Å²) in [5.74, 6) is 0.0498. The van der Waals surface area contributed by atoms with Crippen LogP contribution in [0.1, 0.15) is 32.1 Å². The lowest BCUT2D eigenvalue weighted by molar-refractivity contribution is -0.0328. The van der Waals surface area contributed by atoms with Crippen LogP contribution in [0.3, 0.4) is 0 Å². The standard InChI is InChI=1S/C15H15Cl3F3N5S/c16-7-6-8(27-15(19,20)21)9(17)10(18)11(7)26-13(23)24-12(22)25-14(26)4-2-1-3-5-14/h6H,1-5H2,(H4,22,23,24,25). The average molecular weight is 461 g/mol. The fraction of sp³-hybridized carbons (Fsp3) is 0.467. The molecule has 3 rings (SSSR count). The summed E-state index contributed by atoms with van der Waals surface area (Å²) >= 11 is 18.4. The van der Waals surface area contributed by atoms with Crippen LogP contribution in [0.4, 0.5) is 18.9 Å². The maximum Gasteiger partial charge on any atom is 0.446 e. The molecule has 0 aromatic heterocycles. The van der Waals surface area contributed by atoms with E-state index in [9.17, 15) is 13.2 Å². The van der Waals surface area contributed by atoms with E-state index in [1.54, 1.807) is 4.90 Å². The van der Waals surface area contributed by atoms with Crippen LogP contribution >= 0.6 is 46.6 Å². The van der Waals surface area contributed by atoms with Gasteiger partial charge in [0.05, 0.1) is 20.8 Å². The van der Waals surface area contributed by atoms with Crippen LogP contribution in [-0.2, 0) is 0 Å². The first-order valence-electron chi connectivity index (χ1n) is 7.97. The number of hydrogen-bond acceptors (Lipinski definition) is 6. The highest BCUT2D eigenvalue weighted by molar-refractivity contribution is 8.00. The Bertz CT molecular complexity index is 822. The molecule has 1 aromatic rings. The van der Waals surface area contributed by atoms with Gasteiger partial charge in [-0.3, -0.25) is 4.90 Å². The van der Waals surface area contributed by atoms with Gasteiger partial charge in [-0.25, -0.2) is 4.99 Å². The van der Waals surface area contributed by atoms with Gasteiger partial charge in [0.15, 0.2) is 0 Å². The zero-order chi connectivity index (χ0) is 20.0. The van der Waals surface area contributed by atoms with Crippen molar-refractivity contribution < 1.29 is 13.2 Å². The van der Waals surface area contributed by atoms with Gasteiger partial charge >= 0.3 is 5.51 Å². The van der Waals surface area contributed by atoms with Crippen molar-refractivity contribution in [3.63, 3.8) is 0 Å². The molecule has 1 spiro atoms. The number of benzene rings is 1.